The van der Waals surface area contributed by atoms with Gasteiger partial charge in [-0.1, -0.05) is 84.9 Å². The Kier molecular flexibility index (Phi) is 29.9. The molecule has 0 fully saturated rings. The fourth-order valence-electron chi connectivity index (χ4n) is 9.52. The molecule has 530 valence electrons. The van der Waals surface area contributed by atoms with Crippen LogP contribution < -0.4 is 32.9 Å². The van der Waals surface area contributed by atoms with Gasteiger partial charge in [0.1, 0.15) is 17.4 Å². The van der Waals surface area contributed by atoms with Gasteiger partial charge in [-0.25, -0.2) is 38.9 Å². The van der Waals surface area contributed by atoms with E-state index in [1.54, 1.807) is 204 Å². The third kappa shape index (κ3) is 22.9. The SMILES string of the molecule is CCOC(C)(OCC)OCC.COc1ccc(C#N)cc1.Cc1nc2ccccc2c(=O)n1-c1cccc(C(=O)O)c1.Cc1nc2ccccc2c(=O)o1.N#Cc1ccc(/C=C/c2nc3ccccc3c(=O)n2-c2cccc(C(=O)O)c2)cc1.Nc1cccc(C(=O)O)c1.Nc1ccccc1C(=O)O. The lowest BCUT2D eigenvalue weighted by Crippen LogP contribution is -2.35. The molecule has 25 nitrogen and oxygen atoms in total. The lowest BCUT2D eigenvalue weighted by atomic mass is 10.1. The van der Waals surface area contributed by atoms with Crippen LogP contribution in [0.1, 0.15) is 103 Å². The van der Waals surface area contributed by atoms with Crippen LogP contribution in [0.2, 0.25) is 0 Å². The number of rotatable bonds is 15. The first kappa shape index (κ1) is 79.3. The molecule has 0 unspecified atom stereocenters. The molecule has 0 aliphatic carbocycles. The Bertz CT molecular complexity index is 5260. The molecule has 0 spiro atoms. The number of fused-ring (bicyclic) bond motifs is 3. The minimum atomic E-state index is -1.08. The van der Waals surface area contributed by atoms with Crippen LogP contribution >= 0.6 is 0 Å². The predicted octanol–water partition coefficient (Wildman–Crippen LogP) is 13.3. The van der Waals surface area contributed by atoms with E-state index in [0.717, 1.165) is 11.3 Å². The van der Waals surface area contributed by atoms with Crippen LogP contribution in [-0.2, 0) is 14.2 Å². The first-order valence-corrected chi connectivity index (χ1v) is 31.7. The third-order valence-corrected chi connectivity index (χ3v) is 14.3. The molecule has 3 heterocycles. The average Bonchev–Trinajstić information content (AvgIpc) is 0.774. The van der Waals surface area contributed by atoms with Gasteiger partial charge in [0, 0.05) is 45.0 Å². The van der Waals surface area contributed by atoms with E-state index in [4.69, 9.17) is 60.7 Å². The number of anilines is 2. The van der Waals surface area contributed by atoms with Crippen molar-refractivity contribution in [1.29, 1.82) is 10.5 Å². The van der Waals surface area contributed by atoms with Gasteiger partial charge in [0.2, 0.25) is 0 Å². The number of nitrogens with zero attached hydrogens (tertiary/aromatic N) is 7. The summed E-state index contributed by atoms with van der Waals surface area (Å²) in [4.78, 5) is 93.2. The summed E-state index contributed by atoms with van der Waals surface area (Å²) in [6.45, 7) is 12.7. The summed E-state index contributed by atoms with van der Waals surface area (Å²) in [5.74, 6) is -2.84. The van der Waals surface area contributed by atoms with Crippen LogP contribution in [0, 0.1) is 36.5 Å². The van der Waals surface area contributed by atoms with Crippen molar-refractivity contribution < 1.29 is 63.0 Å². The summed E-state index contributed by atoms with van der Waals surface area (Å²) in [6, 6.07) is 64.3. The third-order valence-electron chi connectivity index (χ3n) is 14.3. The van der Waals surface area contributed by atoms with Gasteiger partial charge < -0.3 is 55.3 Å². The Morgan fingerprint density at radius 3 is 1.39 bits per heavy atom. The number of nitriles is 2. The number of carboxylic acids is 4. The van der Waals surface area contributed by atoms with E-state index in [2.05, 4.69) is 21.0 Å². The van der Waals surface area contributed by atoms with Gasteiger partial charge in [-0.2, -0.15) is 10.5 Å². The van der Waals surface area contributed by atoms with E-state index >= 15 is 0 Å². The van der Waals surface area contributed by atoms with Crippen LogP contribution in [0.25, 0.3) is 56.2 Å². The highest BCUT2D eigenvalue weighted by molar-refractivity contribution is 5.93. The monoisotopic (exact) mass is 1400 g/mol. The Balaban J connectivity index is 0.000000201. The number of methoxy groups -OCH3 is 1. The first-order chi connectivity index (χ1) is 49.9. The smallest absolute Gasteiger partial charge is 0.346 e. The number of aryl methyl sites for hydroxylation is 2. The van der Waals surface area contributed by atoms with E-state index in [1.807, 2.05) is 39.0 Å². The van der Waals surface area contributed by atoms with E-state index in [-0.39, 0.29) is 39.0 Å². The Morgan fingerprint density at radius 1 is 0.510 bits per heavy atom. The van der Waals surface area contributed by atoms with E-state index in [9.17, 15) is 38.7 Å². The molecular weight excluding hydrogens is 1330 g/mol. The van der Waals surface area contributed by atoms with Crippen LogP contribution in [0.3, 0.4) is 0 Å². The van der Waals surface area contributed by atoms with Crippen LogP contribution in [0.15, 0.2) is 237 Å². The lowest BCUT2D eigenvalue weighted by Gasteiger charge is -2.27. The summed E-state index contributed by atoms with van der Waals surface area (Å²) in [5.41, 5.74) is 16.0. The Labute approximate surface area is 596 Å². The summed E-state index contributed by atoms with van der Waals surface area (Å²) >= 11 is 0. The molecule has 0 aliphatic rings. The molecule has 0 amide bonds. The standard InChI is InChI=1S/C24H15N3O3.C16H12N2O3.C9H7NO2.C8H7NO.C8H18O3.2C7H7NO2/c25-15-17-10-8-16(9-11-17)12-13-22-26-21-7-2-1-6-20(21)23(28)27(22)19-5-3-4-18(14-19)24(29)30;1-10-17-14-8-3-2-7-13(14)15(19)18(10)12-6-4-5-11(9-12)16(20)21;1-6-10-8-5-3-2-4-7(8)9(11)12-6;1-10-8-4-2-7(6-9)3-5-8;1-5-9-8(4,10-6-2)11-7-3;8-6-3-1-2-5(4-6)7(9)10;8-6-4-2-1-3-5(6)7(9)10/h1-14H,(H,29,30);2-9H,1H3,(H,20,21);2-5H,1H3;2-5H,1H3;5-7H2,1-4H3;2*1-4H,8H2,(H,9,10)/b13-12+;;;;;;. The van der Waals surface area contributed by atoms with Gasteiger partial charge in [-0.3, -0.25) is 18.7 Å². The minimum absolute atomic E-state index is 0.0783. The zero-order valence-electron chi connectivity index (χ0n) is 57.5. The van der Waals surface area contributed by atoms with Crippen molar-refractivity contribution in [2.24, 2.45) is 0 Å². The van der Waals surface area contributed by atoms with Gasteiger partial charge in [-0.15, -0.1) is 0 Å². The molecule has 0 radical (unpaired) electrons. The molecular formula is C79H73N9O16. The second-order valence-electron chi connectivity index (χ2n) is 21.6. The number of nitrogens with two attached hydrogens (primary N) is 2. The number of ether oxygens (including phenoxy) is 4. The second-order valence-corrected chi connectivity index (χ2v) is 21.6. The van der Waals surface area contributed by atoms with Crippen LogP contribution in [0.4, 0.5) is 11.4 Å². The summed E-state index contributed by atoms with van der Waals surface area (Å²) in [6.07, 6.45) is 3.48. The second kappa shape index (κ2) is 39.2. The topological polar surface area (TPSA) is 399 Å². The Morgan fingerprint density at radius 2 is 0.942 bits per heavy atom. The normalized spacial score (nSPS) is 10.4. The summed E-state index contributed by atoms with van der Waals surface area (Å²) in [5, 5.41) is 54.1. The molecule has 25 heteroatoms. The highest BCUT2D eigenvalue weighted by Crippen LogP contribution is 2.20. The zero-order valence-corrected chi connectivity index (χ0v) is 57.5. The number of hydrogen-bond acceptors (Lipinski definition) is 19. The van der Waals surface area contributed by atoms with Crippen molar-refractivity contribution in [3.8, 4) is 29.3 Å². The number of nitrogen functional groups attached to an aromatic ring is 2. The molecule has 0 bridgehead atoms. The number of para-hydroxylation sites is 4. The van der Waals surface area contributed by atoms with Gasteiger partial charge in [0.25, 0.3) is 17.1 Å². The number of carboxylic acid groups (broad SMARTS) is 4. The van der Waals surface area contributed by atoms with Crippen LogP contribution in [0.5, 0.6) is 5.75 Å². The van der Waals surface area contributed by atoms with Gasteiger partial charge in [0.05, 0.1) is 96.7 Å². The summed E-state index contributed by atoms with van der Waals surface area (Å²) < 4.78 is 28.3. The summed E-state index contributed by atoms with van der Waals surface area (Å²) in [7, 11) is 1.60. The average molecular weight is 1400 g/mol. The van der Waals surface area contributed by atoms with Crippen molar-refractivity contribution in [1.82, 2.24) is 24.1 Å². The first-order valence-electron chi connectivity index (χ1n) is 31.7. The molecule has 12 aromatic rings. The van der Waals surface area contributed by atoms with E-state index in [1.165, 1.54) is 51.6 Å². The molecule has 0 aliphatic heterocycles. The van der Waals surface area contributed by atoms with E-state index < -0.39 is 29.9 Å². The predicted molar refractivity (Wildman–Crippen MR) is 395 cm³/mol. The van der Waals surface area contributed by atoms with Crippen molar-refractivity contribution in [3.63, 3.8) is 0 Å². The number of benzene rings is 9. The fourth-order valence-corrected chi connectivity index (χ4v) is 9.52. The van der Waals surface area contributed by atoms with Crippen molar-refractivity contribution in [2.75, 3.05) is 38.4 Å². The molecule has 0 saturated heterocycles. The maximum absolute atomic E-state index is 13.2. The van der Waals surface area contributed by atoms with Crippen molar-refractivity contribution in [3.05, 3.63) is 306 Å². The molecule has 9 aromatic carbocycles. The highest BCUT2D eigenvalue weighted by atomic mass is 16.9. The van der Waals surface area contributed by atoms with Crippen LogP contribution in [-0.4, -0.2) is 101 Å². The maximum atomic E-state index is 13.2. The molecule has 8 N–H and O–H groups in total. The van der Waals surface area contributed by atoms with E-state index in [0.29, 0.717) is 104 Å². The van der Waals surface area contributed by atoms with Gasteiger partial charge in [0.15, 0.2) is 5.89 Å². The molecule has 0 saturated carbocycles. The molecule has 0 atom stereocenters. The molecule has 12 rings (SSSR count). The minimum Gasteiger partial charge on any atom is -0.497 e. The van der Waals surface area contributed by atoms with Gasteiger partial charge >= 0.3 is 29.5 Å². The quantitative estimate of drug-likeness (QED) is 0.0410. The molecule has 3 aromatic heterocycles. The number of hydrogen-bond donors (Lipinski definition) is 6. The number of aromatic carboxylic acids is 4. The van der Waals surface area contributed by atoms with Crippen molar-refractivity contribution in [2.45, 2.75) is 47.5 Å². The lowest BCUT2D eigenvalue weighted by molar-refractivity contribution is -0.365. The number of carbonyl (C=O) groups is 4. The zero-order chi connectivity index (χ0) is 75.9. The number of aromatic nitrogens is 5. The fraction of sp³-hybridized carbons (Fsp3) is 0.139. The highest BCUT2D eigenvalue weighted by Gasteiger charge is 2.25. The Hall–Kier alpha value is -13.7. The van der Waals surface area contributed by atoms with Gasteiger partial charge in [-0.05, 0) is 179 Å². The largest absolute Gasteiger partial charge is 0.497 e. The maximum Gasteiger partial charge on any atom is 0.346 e. The van der Waals surface area contributed by atoms with Crippen molar-refractivity contribution >= 4 is 80.1 Å². The molecule has 104 heavy (non-hydrogen) atoms.